The number of hydrogen-bond donors (Lipinski definition) is 1. The van der Waals surface area contributed by atoms with Crippen LogP contribution in [0.3, 0.4) is 0 Å². The highest BCUT2D eigenvalue weighted by Crippen LogP contribution is 2.30. The lowest BCUT2D eigenvalue weighted by Gasteiger charge is -2.24. The molecule has 2 nitrogen and oxygen atoms in total. The summed E-state index contributed by atoms with van der Waals surface area (Å²) in [7, 11) is 1.74. The van der Waals surface area contributed by atoms with Gasteiger partial charge in [0, 0.05) is 34.4 Å². The molecule has 1 aromatic heterocycles. The quantitative estimate of drug-likeness (QED) is 0.725. The molecule has 0 unspecified atom stereocenters. The van der Waals surface area contributed by atoms with Crippen LogP contribution in [0.4, 0.5) is 0 Å². The molecule has 0 saturated heterocycles. The highest BCUT2D eigenvalue weighted by Gasteiger charge is 2.17. The summed E-state index contributed by atoms with van der Waals surface area (Å²) in [6, 6.07) is 2.26. The molecule has 104 valence electrons. The molecule has 0 radical (unpaired) electrons. The molecule has 1 heterocycles. The Kier molecular flexibility index (Phi) is 6.85. The second-order valence-corrected chi connectivity index (χ2v) is 7.65. The van der Waals surface area contributed by atoms with Crippen LogP contribution in [0.2, 0.25) is 0 Å². The molecule has 0 saturated carbocycles. The molecule has 0 spiro atoms. The van der Waals surface area contributed by atoms with Crippen LogP contribution < -0.4 is 5.32 Å². The molecule has 0 atom stereocenters. The van der Waals surface area contributed by atoms with E-state index in [2.05, 4.69) is 48.1 Å². The molecule has 0 aliphatic heterocycles. The maximum absolute atomic E-state index is 5.04. The van der Waals surface area contributed by atoms with Crippen molar-refractivity contribution in [2.75, 3.05) is 26.8 Å². The molecule has 4 heteroatoms. The minimum atomic E-state index is 0.331. The molecule has 0 fully saturated rings. The fourth-order valence-electron chi connectivity index (χ4n) is 1.79. The Hall–Kier alpha value is 0.1000. The van der Waals surface area contributed by atoms with Gasteiger partial charge >= 0.3 is 0 Å². The van der Waals surface area contributed by atoms with Gasteiger partial charge in [0.2, 0.25) is 0 Å². The second-order valence-electron chi connectivity index (χ2n) is 5.45. The Morgan fingerprint density at radius 3 is 2.72 bits per heavy atom. The zero-order chi connectivity index (χ0) is 13.6. The van der Waals surface area contributed by atoms with E-state index in [9.17, 15) is 0 Å². The molecular formula is C14H24BrNOS. The SMILES string of the molecule is COCCNCC(C)(C)CCc1cc(Br)c(C)s1. The predicted molar refractivity (Wildman–Crippen MR) is 83.6 cm³/mol. The van der Waals surface area contributed by atoms with Crippen LogP contribution in [-0.4, -0.2) is 26.8 Å². The van der Waals surface area contributed by atoms with Gasteiger partial charge in [-0.25, -0.2) is 0 Å². The van der Waals surface area contributed by atoms with E-state index < -0.39 is 0 Å². The Labute approximate surface area is 123 Å². The van der Waals surface area contributed by atoms with Crippen LogP contribution in [0.25, 0.3) is 0 Å². The third-order valence-electron chi connectivity index (χ3n) is 3.04. The van der Waals surface area contributed by atoms with Gasteiger partial charge in [-0.2, -0.15) is 0 Å². The molecule has 0 amide bonds. The monoisotopic (exact) mass is 333 g/mol. The van der Waals surface area contributed by atoms with Crippen LogP contribution >= 0.6 is 27.3 Å². The summed E-state index contributed by atoms with van der Waals surface area (Å²) < 4.78 is 6.28. The highest BCUT2D eigenvalue weighted by atomic mass is 79.9. The number of methoxy groups -OCH3 is 1. The Morgan fingerprint density at radius 1 is 1.44 bits per heavy atom. The molecule has 1 aromatic rings. The van der Waals surface area contributed by atoms with Crippen molar-refractivity contribution in [3.05, 3.63) is 20.3 Å². The van der Waals surface area contributed by atoms with Gasteiger partial charge in [-0.1, -0.05) is 13.8 Å². The van der Waals surface area contributed by atoms with Gasteiger partial charge in [0.05, 0.1) is 6.61 Å². The Balaban J connectivity index is 2.31. The van der Waals surface area contributed by atoms with Crippen LogP contribution in [0.5, 0.6) is 0 Å². The van der Waals surface area contributed by atoms with Crippen molar-refractivity contribution in [2.24, 2.45) is 5.41 Å². The van der Waals surface area contributed by atoms with Crippen molar-refractivity contribution in [2.45, 2.75) is 33.6 Å². The van der Waals surface area contributed by atoms with Gasteiger partial charge in [0.15, 0.2) is 0 Å². The number of hydrogen-bond acceptors (Lipinski definition) is 3. The lowest BCUT2D eigenvalue weighted by molar-refractivity contribution is 0.193. The van der Waals surface area contributed by atoms with Gasteiger partial charge in [-0.15, -0.1) is 11.3 Å². The largest absolute Gasteiger partial charge is 0.383 e. The number of ether oxygens (including phenoxy) is 1. The standard InChI is InChI=1S/C14H24BrNOS/c1-11-13(15)9-12(18-11)5-6-14(2,3)10-16-7-8-17-4/h9,16H,5-8,10H2,1-4H3. The second kappa shape index (κ2) is 7.63. The molecule has 0 aliphatic carbocycles. The van der Waals surface area contributed by atoms with E-state index in [0.717, 1.165) is 26.1 Å². The van der Waals surface area contributed by atoms with E-state index >= 15 is 0 Å². The molecule has 1 rings (SSSR count). The summed E-state index contributed by atoms with van der Waals surface area (Å²) >= 11 is 5.48. The molecule has 0 bridgehead atoms. The van der Waals surface area contributed by atoms with Gasteiger partial charge in [-0.05, 0) is 47.2 Å². The maximum atomic E-state index is 5.04. The minimum Gasteiger partial charge on any atom is -0.383 e. The van der Waals surface area contributed by atoms with Crippen LogP contribution in [-0.2, 0) is 11.2 Å². The Bertz CT molecular complexity index is 343. The first kappa shape index (κ1) is 16.2. The summed E-state index contributed by atoms with van der Waals surface area (Å²) in [4.78, 5) is 2.85. The summed E-state index contributed by atoms with van der Waals surface area (Å²) in [5.41, 5.74) is 0.331. The van der Waals surface area contributed by atoms with Crippen molar-refractivity contribution in [1.82, 2.24) is 5.32 Å². The van der Waals surface area contributed by atoms with Crippen LogP contribution in [0.1, 0.15) is 30.0 Å². The number of thiophene rings is 1. The van der Waals surface area contributed by atoms with Gasteiger partial charge < -0.3 is 10.1 Å². The molecular weight excluding hydrogens is 310 g/mol. The topological polar surface area (TPSA) is 21.3 Å². The highest BCUT2D eigenvalue weighted by molar-refractivity contribution is 9.10. The van der Waals surface area contributed by atoms with Crippen molar-refractivity contribution >= 4 is 27.3 Å². The zero-order valence-electron chi connectivity index (χ0n) is 11.8. The van der Waals surface area contributed by atoms with E-state index in [0.29, 0.717) is 5.41 Å². The number of halogens is 1. The Morgan fingerprint density at radius 2 is 2.17 bits per heavy atom. The van der Waals surface area contributed by atoms with E-state index in [1.165, 1.54) is 20.6 Å². The van der Waals surface area contributed by atoms with Gasteiger partial charge in [-0.3, -0.25) is 0 Å². The van der Waals surface area contributed by atoms with Gasteiger partial charge in [0.25, 0.3) is 0 Å². The fraction of sp³-hybridized carbons (Fsp3) is 0.714. The average Bonchev–Trinajstić information content (AvgIpc) is 2.62. The van der Waals surface area contributed by atoms with Crippen molar-refractivity contribution in [3.63, 3.8) is 0 Å². The zero-order valence-corrected chi connectivity index (χ0v) is 14.2. The number of aryl methyl sites for hydroxylation is 2. The minimum absolute atomic E-state index is 0.331. The lowest BCUT2D eigenvalue weighted by atomic mass is 9.87. The summed E-state index contributed by atoms with van der Waals surface area (Å²) in [5, 5.41) is 3.45. The third kappa shape index (κ3) is 5.83. The first-order valence-electron chi connectivity index (χ1n) is 6.39. The van der Waals surface area contributed by atoms with Crippen molar-refractivity contribution in [3.8, 4) is 0 Å². The van der Waals surface area contributed by atoms with Crippen LogP contribution in [0, 0.1) is 12.3 Å². The molecule has 1 N–H and O–H groups in total. The van der Waals surface area contributed by atoms with E-state index in [1.807, 2.05) is 11.3 Å². The maximum Gasteiger partial charge on any atom is 0.0587 e. The summed E-state index contributed by atoms with van der Waals surface area (Å²) in [5.74, 6) is 0. The van der Waals surface area contributed by atoms with Crippen molar-refractivity contribution < 1.29 is 4.74 Å². The number of rotatable bonds is 8. The fourth-order valence-corrected chi connectivity index (χ4v) is 3.39. The van der Waals surface area contributed by atoms with Crippen molar-refractivity contribution in [1.29, 1.82) is 0 Å². The normalized spacial score (nSPS) is 12.1. The molecule has 0 aromatic carbocycles. The summed E-state index contributed by atoms with van der Waals surface area (Å²) in [6.45, 7) is 9.57. The van der Waals surface area contributed by atoms with E-state index in [-0.39, 0.29) is 0 Å². The summed E-state index contributed by atoms with van der Waals surface area (Å²) in [6.07, 6.45) is 2.37. The lowest BCUT2D eigenvalue weighted by Crippen LogP contribution is -2.31. The smallest absolute Gasteiger partial charge is 0.0587 e. The van der Waals surface area contributed by atoms with E-state index in [4.69, 9.17) is 4.74 Å². The average molecular weight is 334 g/mol. The predicted octanol–water partition coefficient (Wildman–Crippen LogP) is 4.01. The van der Waals surface area contributed by atoms with Crippen LogP contribution in [0.15, 0.2) is 10.5 Å². The third-order valence-corrected chi connectivity index (χ3v) is 5.24. The number of nitrogens with one attached hydrogen (secondary N) is 1. The first-order chi connectivity index (χ1) is 8.44. The van der Waals surface area contributed by atoms with Gasteiger partial charge in [0.1, 0.15) is 0 Å². The molecule has 0 aliphatic rings. The first-order valence-corrected chi connectivity index (χ1v) is 8.00. The van der Waals surface area contributed by atoms with E-state index in [1.54, 1.807) is 7.11 Å². The molecule has 18 heavy (non-hydrogen) atoms.